The molecule has 0 saturated carbocycles. The van der Waals surface area contributed by atoms with Crippen LogP contribution in [0.2, 0.25) is 0 Å². The van der Waals surface area contributed by atoms with Crippen molar-refractivity contribution in [2.75, 3.05) is 0 Å². The van der Waals surface area contributed by atoms with Crippen LogP contribution in [0.5, 0.6) is 11.5 Å². The standard InChI is InChI=1S/C18H18O2S/c1-3-7-13-11-12-16(20)18(14(13)8-4-2)21-17-10-6-5-9-15(17)19/h3-6,9-12,19-20H,1-2,7-8H2. The number of hydrogen-bond donors (Lipinski definition) is 2. The van der Waals surface area contributed by atoms with Gasteiger partial charge in [-0.15, -0.1) is 13.2 Å². The summed E-state index contributed by atoms with van der Waals surface area (Å²) in [5.74, 6) is 0.425. The van der Waals surface area contributed by atoms with Crippen LogP contribution >= 0.6 is 11.8 Å². The highest BCUT2D eigenvalue weighted by molar-refractivity contribution is 7.99. The van der Waals surface area contributed by atoms with Gasteiger partial charge in [-0.25, -0.2) is 0 Å². The van der Waals surface area contributed by atoms with E-state index in [1.165, 1.54) is 11.8 Å². The molecule has 0 aliphatic heterocycles. The molecule has 0 atom stereocenters. The fraction of sp³-hybridized carbons (Fsp3) is 0.111. The van der Waals surface area contributed by atoms with Gasteiger partial charge in [0.05, 0.1) is 9.79 Å². The molecule has 2 aromatic rings. The highest BCUT2D eigenvalue weighted by Crippen LogP contribution is 2.42. The van der Waals surface area contributed by atoms with Crippen LogP contribution in [0.15, 0.2) is 71.5 Å². The predicted molar refractivity (Wildman–Crippen MR) is 88.1 cm³/mol. The van der Waals surface area contributed by atoms with Crippen molar-refractivity contribution >= 4 is 11.8 Å². The van der Waals surface area contributed by atoms with E-state index in [2.05, 4.69) is 13.2 Å². The van der Waals surface area contributed by atoms with Crippen molar-refractivity contribution in [3.63, 3.8) is 0 Å². The number of allylic oxidation sites excluding steroid dienone is 2. The number of para-hydroxylation sites is 1. The number of rotatable bonds is 6. The van der Waals surface area contributed by atoms with Crippen LogP contribution in [0.25, 0.3) is 0 Å². The molecule has 0 amide bonds. The number of benzene rings is 2. The molecule has 0 fully saturated rings. The van der Waals surface area contributed by atoms with E-state index >= 15 is 0 Å². The molecular formula is C18H18O2S. The summed E-state index contributed by atoms with van der Waals surface area (Å²) in [4.78, 5) is 1.48. The third-order valence-corrected chi connectivity index (χ3v) is 4.35. The highest BCUT2D eigenvalue weighted by atomic mass is 32.2. The summed E-state index contributed by atoms with van der Waals surface area (Å²) in [7, 11) is 0. The molecule has 0 radical (unpaired) electrons. The molecule has 21 heavy (non-hydrogen) atoms. The van der Waals surface area contributed by atoms with Crippen LogP contribution in [0.4, 0.5) is 0 Å². The van der Waals surface area contributed by atoms with Gasteiger partial charge < -0.3 is 10.2 Å². The topological polar surface area (TPSA) is 40.5 Å². The minimum atomic E-state index is 0.209. The fourth-order valence-corrected chi connectivity index (χ4v) is 3.19. The molecule has 0 unspecified atom stereocenters. The molecule has 2 aromatic carbocycles. The maximum Gasteiger partial charge on any atom is 0.129 e. The van der Waals surface area contributed by atoms with Crippen molar-refractivity contribution in [1.82, 2.24) is 0 Å². The zero-order valence-corrected chi connectivity index (χ0v) is 12.6. The lowest BCUT2D eigenvalue weighted by Crippen LogP contribution is -1.95. The van der Waals surface area contributed by atoms with Gasteiger partial charge in [-0.1, -0.05) is 42.1 Å². The Morgan fingerprint density at radius 3 is 2.29 bits per heavy atom. The largest absolute Gasteiger partial charge is 0.507 e. The predicted octanol–water partition coefficient (Wildman–Crippen LogP) is 4.71. The van der Waals surface area contributed by atoms with Crippen molar-refractivity contribution in [3.05, 3.63) is 72.8 Å². The molecule has 2 N–H and O–H groups in total. The minimum Gasteiger partial charge on any atom is -0.507 e. The Bertz CT molecular complexity index is 662. The van der Waals surface area contributed by atoms with E-state index in [-0.39, 0.29) is 11.5 Å². The van der Waals surface area contributed by atoms with Crippen molar-refractivity contribution in [2.24, 2.45) is 0 Å². The molecule has 2 nitrogen and oxygen atoms in total. The number of phenols is 2. The lowest BCUT2D eigenvalue weighted by atomic mass is 10.0. The molecule has 0 aliphatic carbocycles. The molecule has 108 valence electrons. The number of hydrogen-bond acceptors (Lipinski definition) is 3. The summed E-state index contributed by atoms with van der Waals surface area (Å²) in [5.41, 5.74) is 2.14. The van der Waals surface area contributed by atoms with Gasteiger partial charge in [0.2, 0.25) is 0 Å². The first-order chi connectivity index (χ1) is 10.2. The lowest BCUT2D eigenvalue weighted by Gasteiger charge is -2.14. The van der Waals surface area contributed by atoms with Gasteiger partial charge >= 0.3 is 0 Å². The van der Waals surface area contributed by atoms with E-state index in [1.54, 1.807) is 18.2 Å². The Hall–Kier alpha value is -2.13. The summed E-state index contributed by atoms with van der Waals surface area (Å²) >= 11 is 1.37. The Kier molecular flexibility index (Phi) is 5.12. The SMILES string of the molecule is C=CCc1ccc(O)c(Sc2ccccc2O)c1CC=C. The fourth-order valence-electron chi connectivity index (χ4n) is 2.14. The summed E-state index contributed by atoms with van der Waals surface area (Å²) in [6.45, 7) is 7.56. The molecule has 0 heterocycles. The molecule has 2 rings (SSSR count). The molecule has 0 saturated heterocycles. The summed E-state index contributed by atoms with van der Waals surface area (Å²) in [6, 6.07) is 10.7. The second-order valence-corrected chi connectivity index (χ2v) is 5.66. The van der Waals surface area contributed by atoms with Crippen molar-refractivity contribution < 1.29 is 10.2 Å². The first-order valence-corrected chi connectivity index (χ1v) is 7.50. The van der Waals surface area contributed by atoms with Crippen LogP contribution in [0, 0.1) is 0 Å². The van der Waals surface area contributed by atoms with Gasteiger partial charge in [-0.05, 0) is 42.2 Å². The van der Waals surface area contributed by atoms with Crippen molar-refractivity contribution in [3.8, 4) is 11.5 Å². The minimum absolute atomic E-state index is 0.209. The zero-order chi connectivity index (χ0) is 15.2. The first-order valence-electron chi connectivity index (χ1n) is 6.68. The first kappa shape index (κ1) is 15.3. The summed E-state index contributed by atoms with van der Waals surface area (Å²) < 4.78 is 0. The lowest BCUT2D eigenvalue weighted by molar-refractivity contribution is 0.459. The van der Waals surface area contributed by atoms with Gasteiger partial charge in [-0.3, -0.25) is 0 Å². The smallest absolute Gasteiger partial charge is 0.129 e. The Balaban J connectivity index is 2.50. The van der Waals surface area contributed by atoms with E-state index in [9.17, 15) is 10.2 Å². The van der Waals surface area contributed by atoms with Crippen LogP contribution in [0.3, 0.4) is 0 Å². The summed E-state index contributed by atoms with van der Waals surface area (Å²) in [5, 5.41) is 20.1. The van der Waals surface area contributed by atoms with Gasteiger partial charge in [0.25, 0.3) is 0 Å². The van der Waals surface area contributed by atoms with E-state index in [0.29, 0.717) is 11.3 Å². The van der Waals surface area contributed by atoms with E-state index < -0.39 is 0 Å². The third-order valence-electron chi connectivity index (χ3n) is 3.13. The van der Waals surface area contributed by atoms with Gasteiger partial charge in [0, 0.05) is 0 Å². The highest BCUT2D eigenvalue weighted by Gasteiger charge is 2.14. The number of aromatic hydroxyl groups is 2. The van der Waals surface area contributed by atoms with Crippen LogP contribution in [-0.4, -0.2) is 10.2 Å². The van der Waals surface area contributed by atoms with Gasteiger partial charge in [0.1, 0.15) is 11.5 Å². The Labute approximate surface area is 129 Å². The van der Waals surface area contributed by atoms with Crippen molar-refractivity contribution in [1.29, 1.82) is 0 Å². The van der Waals surface area contributed by atoms with E-state index in [4.69, 9.17) is 0 Å². The van der Waals surface area contributed by atoms with Crippen LogP contribution in [-0.2, 0) is 12.8 Å². The van der Waals surface area contributed by atoms with Gasteiger partial charge in [0.15, 0.2) is 0 Å². The molecule has 0 spiro atoms. The normalized spacial score (nSPS) is 10.3. The second kappa shape index (κ2) is 7.04. The quantitative estimate of drug-likeness (QED) is 0.759. The Morgan fingerprint density at radius 2 is 1.62 bits per heavy atom. The maximum atomic E-state index is 10.2. The molecule has 0 bridgehead atoms. The summed E-state index contributed by atoms with van der Waals surface area (Å²) in [6.07, 6.45) is 5.05. The van der Waals surface area contributed by atoms with E-state index in [1.807, 2.05) is 30.4 Å². The van der Waals surface area contributed by atoms with E-state index in [0.717, 1.165) is 22.4 Å². The molecular weight excluding hydrogens is 280 g/mol. The zero-order valence-electron chi connectivity index (χ0n) is 11.7. The number of phenolic OH excluding ortho intramolecular Hbond substituents is 2. The van der Waals surface area contributed by atoms with Gasteiger partial charge in [-0.2, -0.15) is 0 Å². The van der Waals surface area contributed by atoms with Crippen LogP contribution < -0.4 is 0 Å². The molecule has 3 heteroatoms. The second-order valence-electron chi connectivity index (χ2n) is 4.61. The average Bonchev–Trinajstić information content (AvgIpc) is 2.48. The average molecular weight is 298 g/mol. The molecule has 0 aliphatic rings. The van der Waals surface area contributed by atoms with Crippen molar-refractivity contribution in [2.45, 2.75) is 22.6 Å². The molecule has 0 aromatic heterocycles. The maximum absolute atomic E-state index is 10.2. The van der Waals surface area contributed by atoms with Crippen LogP contribution in [0.1, 0.15) is 11.1 Å². The Morgan fingerprint density at radius 1 is 0.905 bits per heavy atom. The third kappa shape index (κ3) is 3.50. The monoisotopic (exact) mass is 298 g/mol.